The van der Waals surface area contributed by atoms with Gasteiger partial charge in [-0.25, -0.2) is 5.01 Å². The zero-order chi connectivity index (χ0) is 21.1. The number of hydrogen-bond acceptors (Lipinski definition) is 3. The minimum Gasteiger partial charge on any atom is -0.336 e. The second-order valence-electron chi connectivity index (χ2n) is 8.06. The van der Waals surface area contributed by atoms with Gasteiger partial charge in [0, 0.05) is 19.4 Å². The van der Waals surface area contributed by atoms with Crippen LogP contribution in [0.2, 0.25) is 0 Å². The van der Waals surface area contributed by atoms with Gasteiger partial charge in [-0.3, -0.25) is 9.59 Å². The van der Waals surface area contributed by atoms with Crippen molar-refractivity contribution in [3.63, 3.8) is 0 Å². The molecule has 29 heavy (non-hydrogen) atoms. The highest BCUT2D eigenvalue weighted by Crippen LogP contribution is 2.33. The maximum Gasteiger partial charge on any atom is 0.262 e. The first-order valence-electron chi connectivity index (χ1n) is 10.0. The van der Waals surface area contributed by atoms with Crippen LogP contribution in [0, 0.1) is 19.8 Å². The normalized spacial score (nSPS) is 16.1. The maximum atomic E-state index is 13.1. The maximum absolute atomic E-state index is 13.1. The molecule has 1 heterocycles. The number of aryl methyl sites for hydroxylation is 2. The first-order chi connectivity index (χ1) is 13.8. The van der Waals surface area contributed by atoms with E-state index in [1.54, 1.807) is 12.1 Å². The Bertz CT molecular complexity index is 934. The fraction of sp³-hybridized carbons (Fsp3) is 0.375. The predicted octanol–water partition coefficient (Wildman–Crippen LogP) is 4.10. The second kappa shape index (κ2) is 8.60. The van der Waals surface area contributed by atoms with Crippen LogP contribution in [0.25, 0.3) is 0 Å². The Labute approximate surface area is 173 Å². The van der Waals surface area contributed by atoms with Crippen LogP contribution in [0.15, 0.2) is 53.6 Å². The van der Waals surface area contributed by atoms with E-state index in [0.29, 0.717) is 6.42 Å². The monoisotopic (exact) mass is 391 g/mol. The lowest BCUT2D eigenvalue weighted by Gasteiger charge is -2.25. The third kappa shape index (κ3) is 4.56. The van der Waals surface area contributed by atoms with E-state index in [2.05, 4.69) is 32.0 Å². The fourth-order valence-electron chi connectivity index (χ4n) is 3.56. The lowest BCUT2D eigenvalue weighted by Crippen LogP contribution is -2.40. The molecule has 0 bridgehead atoms. The number of likely N-dealkylation sites (N-methyl/N-ethyl adjacent to an activating group) is 1. The fourth-order valence-corrected chi connectivity index (χ4v) is 3.56. The molecule has 1 aliphatic heterocycles. The van der Waals surface area contributed by atoms with Gasteiger partial charge >= 0.3 is 0 Å². The number of carbonyl (C=O) groups excluding carboxylic acids is 2. The SMILES string of the molecule is Cc1ccc(C2=NN(C(=O)CN(C)C(=O)C(C)C)[C@H](c3ccccc3)C2)cc1C. The van der Waals surface area contributed by atoms with E-state index < -0.39 is 0 Å². The van der Waals surface area contributed by atoms with Crippen LogP contribution in [-0.2, 0) is 9.59 Å². The number of hydrogen-bond donors (Lipinski definition) is 0. The van der Waals surface area contributed by atoms with E-state index in [-0.39, 0.29) is 30.3 Å². The summed E-state index contributed by atoms with van der Waals surface area (Å²) in [7, 11) is 1.67. The third-order valence-electron chi connectivity index (χ3n) is 5.43. The van der Waals surface area contributed by atoms with Crippen LogP contribution in [0.1, 0.15) is 48.6 Å². The van der Waals surface area contributed by atoms with Crippen molar-refractivity contribution in [3.8, 4) is 0 Å². The van der Waals surface area contributed by atoms with Gasteiger partial charge in [-0.15, -0.1) is 0 Å². The molecule has 0 fully saturated rings. The molecular weight excluding hydrogens is 362 g/mol. The second-order valence-corrected chi connectivity index (χ2v) is 8.06. The minimum absolute atomic E-state index is 0.0179. The Morgan fingerprint density at radius 2 is 1.79 bits per heavy atom. The Morgan fingerprint density at radius 1 is 1.10 bits per heavy atom. The number of nitrogens with zero attached hydrogens (tertiary/aromatic N) is 3. The lowest BCUT2D eigenvalue weighted by atomic mass is 9.96. The van der Waals surface area contributed by atoms with Crippen molar-refractivity contribution >= 4 is 17.5 Å². The lowest BCUT2D eigenvalue weighted by molar-refractivity contribution is -0.142. The van der Waals surface area contributed by atoms with Gasteiger partial charge in [0.25, 0.3) is 5.91 Å². The molecule has 3 rings (SSSR count). The molecule has 152 valence electrons. The first kappa shape index (κ1) is 20.8. The third-order valence-corrected chi connectivity index (χ3v) is 5.43. The number of rotatable bonds is 5. The van der Waals surface area contributed by atoms with Gasteiger partial charge in [-0.2, -0.15) is 5.10 Å². The van der Waals surface area contributed by atoms with Crippen molar-refractivity contribution in [2.75, 3.05) is 13.6 Å². The summed E-state index contributed by atoms with van der Waals surface area (Å²) in [6, 6.07) is 16.1. The summed E-state index contributed by atoms with van der Waals surface area (Å²) in [5.41, 5.74) is 5.41. The molecule has 0 N–H and O–H groups in total. The van der Waals surface area contributed by atoms with Gasteiger partial charge in [0.2, 0.25) is 5.91 Å². The summed E-state index contributed by atoms with van der Waals surface area (Å²) in [5, 5.41) is 6.27. The molecule has 0 spiro atoms. The van der Waals surface area contributed by atoms with Crippen LogP contribution in [-0.4, -0.2) is 41.0 Å². The Morgan fingerprint density at radius 3 is 2.41 bits per heavy atom. The molecular formula is C24H29N3O2. The number of amides is 2. The van der Waals surface area contributed by atoms with Gasteiger partial charge < -0.3 is 4.90 Å². The zero-order valence-electron chi connectivity index (χ0n) is 17.8. The van der Waals surface area contributed by atoms with Gasteiger partial charge in [0.15, 0.2) is 0 Å². The van der Waals surface area contributed by atoms with E-state index in [1.165, 1.54) is 16.0 Å². The summed E-state index contributed by atoms with van der Waals surface area (Å²) in [6.07, 6.45) is 0.653. The van der Waals surface area contributed by atoms with Crippen molar-refractivity contribution in [3.05, 3.63) is 70.8 Å². The summed E-state index contributed by atoms with van der Waals surface area (Å²) in [5.74, 6) is -0.368. The molecule has 0 unspecified atom stereocenters. The molecule has 5 heteroatoms. The van der Waals surface area contributed by atoms with Crippen LogP contribution >= 0.6 is 0 Å². The Hall–Kier alpha value is -2.95. The highest BCUT2D eigenvalue weighted by molar-refractivity contribution is 6.03. The predicted molar refractivity (Wildman–Crippen MR) is 116 cm³/mol. The van der Waals surface area contributed by atoms with Crippen LogP contribution in [0.4, 0.5) is 0 Å². The van der Waals surface area contributed by atoms with Crippen LogP contribution < -0.4 is 0 Å². The van der Waals surface area contributed by atoms with E-state index in [4.69, 9.17) is 5.10 Å². The van der Waals surface area contributed by atoms with E-state index in [9.17, 15) is 9.59 Å². The molecule has 2 aromatic carbocycles. The molecule has 0 aliphatic carbocycles. The quantitative estimate of drug-likeness (QED) is 0.771. The van der Waals surface area contributed by atoms with E-state index in [0.717, 1.165) is 16.8 Å². The molecule has 2 amide bonds. The van der Waals surface area contributed by atoms with Gasteiger partial charge in [-0.05, 0) is 42.2 Å². The van der Waals surface area contributed by atoms with Crippen molar-refractivity contribution < 1.29 is 9.59 Å². The van der Waals surface area contributed by atoms with Crippen molar-refractivity contribution in [2.45, 2.75) is 40.2 Å². The topological polar surface area (TPSA) is 53.0 Å². The Balaban J connectivity index is 1.90. The van der Waals surface area contributed by atoms with Crippen LogP contribution in [0.5, 0.6) is 0 Å². The number of carbonyl (C=O) groups is 2. The van der Waals surface area contributed by atoms with Crippen molar-refractivity contribution in [1.29, 1.82) is 0 Å². The molecule has 0 radical (unpaired) electrons. The highest BCUT2D eigenvalue weighted by atomic mass is 16.2. The molecule has 1 aliphatic rings. The first-order valence-corrected chi connectivity index (χ1v) is 10.0. The number of benzene rings is 2. The number of hydrazone groups is 1. The summed E-state index contributed by atoms with van der Waals surface area (Å²) in [6.45, 7) is 7.85. The van der Waals surface area contributed by atoms with Crippen molar-refractivity contribution in [1.82, 2.24) is 9.91 Å². The summed E-state index contributed by atoms with van der Waals surface area (Å²) in [4.78, 5) is 26.8. The molecule has 2 aromatic rings. The van der Waals surface area contributed by atoms with Crippen LogP contribution in [0.3, 0.4) is 0 Å². The average Bonchev–Trinajstić information content (AvgIpc) is 3.15. The smallest absolute Gasteiger partial charge is 0.262 e. The molecule has 0 saturated heterocycles. The standard InChI is InChI=1S/C24H29N3O2/c1-16(2)24(29)26(5)15-23(28)27-22(19-9-7-6-8-10-19)14-21(25-27)20-12-11-17(3)18(4)13-20/h6-13,16,22H,14-15H2,1-5H3/t22-/m0/s1. The summed E-state index contributed by atoms with van der Waals surface area (Å²) < 4.78 is 0. The largest absolute Gasteiger partial charge is 0.336 e. The molecule has 5 nitrogen and oxygen atoms in total. The highest BCUT2D eigenvalue weighted by Gasteiger charge is 2.34. The molecule has 0 saturated carbocycles. The van der Waals surface area contributed by atoms with Gasteiger partial charge in [0.05, 0.1) is 11.8 Å². The van der Waals surface area contributed by atoms with Gasteiger partial charge in [-0.1, -0.05) is 56.3 Å². The Kier molecular flexibility index (Phi) is 6.16. The van der Waals surface area contributed by atoms with Gasteiger partial charge in [0.1, 0.15) is 6.54 Å². The average molecular weight is 392 g/mol. The minimum atomic E-state index is -0.172. The molecule has 0 aromatic heterocycles. The van der Waals surface area contributed by atoms with E-state index >= 15 is 0 Å². The molecule has 1 atom stereocenters. The summed E-state index contributed by atoms with van der Waals surface area (Å²) >= 11 is 0. The van der Waals surface area contributed by atoms with E-state index in [1.807, 2.05) is 44.2 Å². The zero-order valence-corrected chi connectivity index (χ0v) is 17.8. The van der Waals surface area contributed by atoms with Crippen molar-refractivity contribution in [2.24, 2.45) is 11.0 Å².